The highest BCUT2D eigenvalue weighted by Crippen LogP contribution is 2.14. The van der Waals surface area contributed by atoms with Gasteiger partial charge in [-0.15, -0.1) is 0 Å². The van der Waals surface area contributed by atoms with E-state index >= 15 is 0 Å². The molecule has 2 heterocycles. The molecule has 7 nitrogen and oxygen atoms in total. The molecule has 1 aromatic carbocycles. The molecular weight excluding hydrogens is 366 g/mol. The monoisotopic (exact) mass is 395 g/mol. The summed E-state index contributed by atoms with van der Waals surface area (Å²) in [4.78, 5) is 35.5. The summed E-state index contributed by atoms with van der Waals surface area (Å²) in [7, 11) is 0. The van der Waals surface area contributed by atoms with Gasteiger partial charge >= 0.3 is 0 Å². The summed E-state index contributed by atoms with van der Waals surface area (Å²) < 4.78 is 0. The lowest BCUT2D eigenvalue weighted by molar-refractivity contribution is -0.117. The maximum Gasteiger partial charge on any atom is 0.253 e. The SMILES string of the molecule is CCN(CC)C(=O)c1cccc(NC(=O)CN2CCN(c3ccccn3)CC2)c1. The quantitative estimate of drug-likeness (QED) is 0.779. The number of hydrogen-bond acceptors (Lipinski definition) is 5. The molecule has 0 radical (unpaired) electrons. The summed E-state index contributed by atoms with van der Waals surface area (Å²) in [6, 6.07) is 13.1. The smallest absolute Gasteiger partial charge is 0.253 e. The topological polar surface area (TPSA) is 68.8 Å². The van der Waals surface area contributed by atoms with Gasteiger partial charge in [0.05, 0.1) is 6.54 Å². The second-order valence-electron chi connectivity index (χ2n) is 7.06. The predicted octanol–water partition coefficient (Wildman–Crippen LogP) is 2.32. The minimum Gasteiger partial charge on any atom is -0.354 e. The summed E-state index contributed by atoms with van der Waals surface area (Å²) in [5.41, 5.74) is 1.25. The first-order chi connectivity index (χ1) is 14.1. The van der Waals surface area contributed by atoms with E-state index in [4.69, 9.17) is 0 Å². The van der Waals surface area contributed by atoms with Crippen LogP contribution < -0.4 is 10.2 Å². The van der Waals surface area contributed by atoms with Crippen molar-refractivity contribution in [2.75, 3.05) is 56.0 Å². The summed E-state index contributed by atoms with van der Waals surface area (Å²) in [5, 5.41) is 2.93. The van der Waals surface area contributed by atoms with E-state index in [-0.39, 0.29) is 11.8 Å². The van der Waals surface area contributed by atoms with Gasteiger partial charge in [0.15, 0.2) is 0 Å². The molecule has 1 saturated heterocycles. The van der Waals surface area contributed by atoms with Crippen LogP contribution in [-0.2, 0) is 4.79 Å². The summed E-state index contributed by atoms with van der Waals surface area (Å²) in [6.07, 6.45) is 1.80. The molecule has 1 aliphatic heterocycles. The van der Waals surface area contributed by atoms with E-state index < -0.39 is 0 Å². The maximum absolute atomic E-state index is 12.5. The molecule has 29 heavy (non-hydrogen) atoms. The van der Waals surface area contributed by atoms with Gasteiger partial charge in [-0.1, -0.05) is 12.1 Å². The molecule has 0 unspecified atom stereocenters. The number of piperazine rings is 1. The second-order valence-corrected chi connectivity index (χ2v) is 7.06. The van der Waals surface area contributed by atoms with Gasteiger partial charge in [-0.25, -0.2) is 4.98 Å². The van der Waals surface area contributed by atoms with Crippen LogP contribution in [-0.4, -0.2) is 72.4 Å². The Balaban J connectivity index is 1.51. The first-order valence-corrected chi connectivity index (χ1v) is 10.2. The lowest BCUT2D eigenvalue weighted by atomic mass is 10.1. The van der Waals surface area contributed by atoms with Gasteiger partial charge in [0, 0.05) is 56.7 Å². The van der Waals surface area contributed by atoms with Crippen molar-refractivity contribution >= 4 is 23.3 Å². The van der Waals surface area contributed by atoms with Crippen molar-refractivity contribution in [3.8, 4) is 0 Å². The normalized spacial score (nSPS) is 14.5. The molecular formula is C22H29N5O2. The van der Waals surface area contributed by atoms with Crippen LogP contribution in [0, 0.1) is 0 Å². The van der Waals surface area contributed by atoms with E-state index in [1.54, 1.807) is 29.3 Å². The largest absolute Gasteiger partial charge is 0.354 e. The molecule has 2 aromatic rings. The zero-order chi connectivity index (χ0) is 20.6. The Hall–Kier alpha value is -2.93. The Kier molecular flexibility index (Phi) is 7.19. The third-order valence-electron chi connectivity index (χ3n) is 5.16. The Morgan fingerprint density at radius 2 is 1.79 bits per heavy atom. The van der Waals surface area contributed by atoms with Crippen LogP contribution in [0.3, 0.4) is 0 Å². The lowest BCUT2D eigenvalue weighted by Gasteiger charge is -2.34. The number of pyridine rings is 1. The molecule has 0 bridgehead atoms. The molecule has 7 heteroatoms. The number of benzene rings is 1. The van der Waals surface area contributed by atoms with Gasteiger partial charge in [-0.05, 0) is 44.2 Å². The van der Waals surface area contributed by atoms with Gasteiger partial charge < -0.3 is 15.1 Å². The van der Waals surface area contributed by atoms with Gasteiger partial charge in [-0.3, -0.25) is 14.5 Å². The summed E-state index contributed by atoms with van der Waals surface area (Å²) in [5.74, 6) is 0.895. The fourth-order valence-corrected chi connectivity index (χ4v) is 3.50. The minimum atomic E-state index is -0.0660. The van der Waals surface area contributed by atoms with Gasteiger partial charge in [0.1, 0.15) is 5.82 Å². The highest BCUT2D eigenvalue weighted by atomic mass is 16.2. The number of amides is 2. The molecule has 1 aromatic heterocycles. The van der Waals surface area contributed by atoms with Gasteiger partial charge in [0.25, 0.3) is 5.91 Å². The van der Waals surface area contributed by atoms with Crippen LogP contribution in [0.1, 0.15) is 24.2 Å². The molecule has 1 aliphatic rings. The number of anilines is 2. The van der Waals surface area contributed by atoms with Crippen molar-refractivity contribution in [2.24, 2.45) is 0 Å². The van der Waals surface area contributed by atoms with Crippen molar-refractivity contribution in [2.45, 2.75) is 13.8 Å². The molecule has 2 amide bonds. The first kappa shape index (κ1) is 20.8. The highest BCUT2D eigenvalue weighted by Gasteiger charge is 2.20. The van der Waals surface area contributed by atoms with Crippen LogP contribution in [0.25, 0.3) is 0 Å². The van der Waals surface area contributed by atoms with Gasteiger partial charge in [-0.2, -0.15) is 0 Å². The number of carbonyl (C=O) groups is 2. The van der Waals surface area contributed by atoms with E-state index in [1.165, 1.54) is 0 Å². The van der Waals surface area contributed by atoms with E-state index in [9.17, 15) is 9.59 Å². The molecule has 3 rings (SSSR count). The van der Waals surface area contributed by atoms with E-state index in [2.05, 4.69) is 20.1 Å². The third kappa shape index (κ3) is 5.54. The zero-order valence-electron chi connectivity index (χ0n) is 17.2. The van der Waals surface area contributed by atoms with Gasteiger partial charge in [0.2, 0.25) is 5.91 Å². The first-order valence-electron chi connectivity index (χ1n) is 10.2. The number of aromatic nitrogens is 1. The zero-order valence-corrected chi connectivity index (χ0v) is 17.2. The number of rotatable bonds is 7. The van der Waals surface area contributed by atoms with Crippen LogP contribution >= 0.6 is 0 Å². The Bertz CT molecular complexity index is 815. The van der Waals surface area contributed by atoms with Crippen molar-refractivity contribution in [1.29, 1.82) is 0 Å². The number of hydrogen-bond donors (Lipinski definition) is 1. The van der Waals surface area contributed by atoms with Crippen LogP contribution in [0.5, 0.6) is 0 Å². The second kappa shape index (κ2) is 10.0. The van der Waals surface area contributed by atoms with Crippen molar-refractivity contribution in [1.82, 2.24) is 14.8 Å². The maximum atomic E-state index is 12.5. The molecule has 0 aliphatic carbocycles. The Morgan fingerprint density at radius 1 is 1.03 bits per heavy atom. The van der Waals surface area contributed by atoms with Crippen molar-refractivity contribution in [3.05, 3.63) is 54.2 Å². The fourth-order valence-electron chi connectivity index (χ4n) is 3.50. The fraction of sp³-hybridized carbons (Fsp3) is 0.409. The average molecular weight is 396 g/mol. The number of nitrogens with one attached hydrogen (secondary N) is 1. The van der Waals surface area contributed by atoms with Crippen molar-refractivity contribution < 1.29 is 9.59 Å². The number of nitrogens with zero attached hydrogens (tertiary/aromatic N) is 4. The van der Waals surface area contributed by atoms with Crippen LogP contribution in [0.15, 0.2) is 48.7 Å². The average Bonchev–Trinajstić information content (AvgIpc) is 2.76. The van der Waals surface area contributed by atoms with Crippen LogP contribution in [0.4, 0.5) is 11.5 Å². The Morgan fingerprint density at radius 3 is 2.45 bits per heavy atom. The van der Waals surface area contributed by atoms with E-state index in [0.29, 0.717) is 30.9 Å². The lowest BCUT2D eigenvalue weighted by Crippen LogP contribution is -2.48. The summed E-state index contributed by atoms with van der Waals surface area (Å²) in [6.45, 7) is 8.89. The van der Waals surface area contributed by atoms with Crippen molar-refractivity contribution in [3.63, 3.8) is 0 Å². The molecule has 154 valence electrons. The molecule has 0 saturated carbocycles. The molecule has 1 N–H and O–H groups in total. The standard InChI is InChI=1S/C22H29N5O2/c1-3-26(4-2)22(29)18-8-7-9-19(16-18)24-21(28)17-25-12-14-27(15-13-25)20-10-5-6-11-23-20/h5-11,16H,3-4,12-15,17H2,1-2H3,(H,24,28). The third-order valence-corrected chi connectivity index (χ3v) is 5.16. The molecule has 0 atom stereocenters. The Labute approximate surface area is 172 Å². The molecule has 0 spiro atoms. The summed E-state index contributed by atoms with van der Waals surface area (Å²) >= 11 is 0. The van der Waals surface area contributed by atoms with Crippen LogP contribution in [0.2, 0.25) is 0 Å². The minimum absolute atomic E-state index is 0.0169. The molecule has 1 fully saturated rings. The number of carbonyl (C=O) groups excluding carboxylic acids is 2. The van der Waals surface area contributed by atoms with E-state index in [1.807, 2.05) is 38.1 Å². The predicted molar refractivity (Wildman–Crippen MR) is 115 cm³/mol. The highest BCUT2D eigenvalue weighted by molar-refractivity contribution is 5.97. The van der Waals surface area contributed by atoms with E-state index in [0.717, 1.165) is 32.0 Å².